The molecule has 1 saturated heterocycles. The minimum atomic E-state index is -0.339. The summed E-state index contributed by atoms with van der Waals surface area (Å²) in [5, 5.41) is 18.9. The summed E-state index contributed by atoms with van der Waals surface area (Å²) >= 11 is 0. The van der Waals surface area contributed by atoms with Gasteiger partial charge in [0.05, 0.1) is 5.69 Å². The van der Waals surface area contributed by atoms with Crippen LogP contribution in [0.5, 0.6) is 0 Å². The lowest BCUT2D eigenvalue weighted by Gasteiger charge is -2.12. The van der Waals surface area contributed by atoms with E-state index in [1.165, 1.54) is 0 Å². The first kappa shape index (κ1) is 18.1. The highest BCUT2D eigenvalue weighted by molar-refractivity contribution is 5.94. The maximum atomic E-state index is 12.2. The van der Waals surface area contributed by atoms with E-state index in [1.807, 2.05) is 55.6 Å². The fraction of sp³-hybridized carbons (Fsp3) is 0.300. The van der Waals surface area contributed by atoms with Crippen LogP contribution < -0.4 is 10.6 Å². The van der Waals surface area contributed by atoms with Crippen LogP contribution in [0, 0.1) is 6.92 Å². The lowest BCUT2D eigenvalue weighted by atomic mass is 10.2. The minimum absolute atomic E-state index is 0.0853. The average Bonchev–Trinajstić information content (AvgIpc) is 3.39. The fourth-order valence-electron chi connectivity index (χ4n) is 3.04. The van der Waals surface area contributed by atoms with E-state index in [-0.39, 0.29) is 12.0 Å². The molecular formula is C20H22N6O2. The Balaban J connectivity index is 1.35. The van der Waals surface area contributed by atoms with Crippen LogP contribution in [0.4, 0.5) is 11.5 Å². The number of aryl methyl sites for hydroxylation is 1. The number of aromatic nitrogens is 4. The first-order chi connectivity index (χ1) is 13.7. The molecule has 1 aromatic carbocycles. The second kappa shape index (κ2) is 8.18. The van der Waals surface area contributed by atoms with E-state index in [0.29, 0.717) is 24.8 Å². The van der Waals surface area contributed by atoms with Crippen molar-refractivity contribution >= 4 is 17.4 Å². The molecule has 0 aliphatic carbocycles. The molecule has 28 heavy (non-hydrogen) atoms. The van der Waals surface area contributed by atoms with Gasteiger partial charge in [-0.05, 0) is 55.7 Å². The van der Waals surface area contributed by atoms with Crippen LogP contribution >= 0.6 is 0 Å². The average molecular weight is 378 g/mol. The highest BCUT2D eigenvalue weighted by Crippen LogP contribution is 2.17. The van der Waals surface area contributed by atoms with Gasteiger partial charge in [-0.2, -0.15) is 5.10 Å². The van der Waals surface area contributed by atoms with Gasteiger partial charge in [0.25, 0.3) is 5.91 Å². The minimum Gasteiger partial charge on any atom is -0.368 e. The molecule has 3 aromatic rings. The topological polar surface area (TPSA) is 94.0 Å². The standard InChI is InChI=1S/C20H22N6O2/c1-14-9-10-26(25-14)19-8-7-18(23-24-19)21-13-15-4-2-5-16(12-15)22-20(27)17-6-3-11-28-17/h2,4-5,7-10,12,17H,3,6,11,13H2,1H3,(H,21,23)(H,22,27). The Kier molecular flexibility index (Phi) is 5.29. The molecule has 1 atom stereocenters. The molecule has 1 fully saturated rings. The van der Waals surface area contributed by atoms with Crippen molar-refractivity contribution in [1.82, 2.24) is 20.0 Å². The van der Waals surface area contributed by atoms with E-state index in [9.17, 15) is 4.79 Å². The van der Waals surface area contributed by atoms with Crippen molar-refractivity contribution in [1.29, 1.82) is 0 Å². The molecule has 8 heteroatoms. The molecule has 0 radical (unpaired) electrons. The number of nitrogens with zero attached hydrogens (tertiary/aromatic N) is 4. The number of amides is 1. The van der Waals surface area contributed by atoms with Crippen molar-refractivity contribution in [3.63, 3.8) is 0 Å². The van der Waals surface area contributed by atoms with Crippen molar-refractivity contribution < 1.29 is 9.53 Å². The van der Waals surface area contributed by atoms with Crippen molar-refractivity contribution in [2.45, 2.75) is 32.4 Å². The quantitative estimate of drug-likeness (QED) is 0.685. The molecule has 4 rings (SSSR count). The van der Waals surface area contributed by atoms with Gasteiger partial charge < -0.3 is 15.4 Å². The Morgan fingerprint density at radius 1 is 1.25 bits per heavy atom. The summed E-state index contributed by atoms with van der Waals surface area (Å²) in [5.74, 6) is 1.25. The van der Waals surface area contributed by atoms with Crippen LogP contribution in [-0.4, -0.2) is 38.6 Å². The Bertz CT molecular complexity index is 947. The number of hydrogen-bond donors (Lipinski definition) is 2. The summed E-state index contributed by atoms with van der Waals surface area (Å²) in [4.78, 5) is 12.2. The monoisotopic (exact) mass is 378 g/mol. The second-order valence-corrected chi connectivity index (χ2v) is 6.72. The predicted molar refractivity (Wildman–Crippen MR) is 105 cm³/mol. The number of anilines is 2. The molecule has 0 saturated carbocycles. The zero-order chi connectivity index (χ0) is 19.3. The van der Waals surface area contributed by atoms with Gasteiger partial charge in [0.15, 0.2) is 5.82 Å². The van der Waals surface area contributed by atoms with Gasteiger partial charge in [-0.25, -0.2) is 4.68 Å². The van der Waals surface area contributed by atoms with Crippen LogP contribution in [0.25, 0.3) is 5.82 Å². The highest BCUT2D eigenvalue weighted by Gasteiger charge is 2.23. The molecule has 2 aromatic heterocycles. The Morgan fingerprint density at radius 2 is 2.18 bits per heavy atom. The van der Waals surface area contributed by atoms with E-state index in [1.54, 1.807) is 4.68 Å². The van der Waals surface area contributed by atoms with Crippen LogP contribution in [0.1, 0.15) is 24.1 Å². The van der Waals surface area contributed by atoms with Gasteiger partial charge in [0, 0.05) is 25.0 Å². The molecule has 1 aliphatic rings. The van der Waals surface area contributed by atoms with Gasteiger partial charge in [-0.1, -0.05) is 12.1 Å². The molecule has 1 aliphatic heterocycles. The molecule has 0 bridgehead atoms. The van der Waals surface area contributed by atoms with Gasteiger partial charge >= 0.3 is 0 Å². The van der Waals surface area contributed by atoms with Crippen molar-refractivity contribution in [2.24, 2.45) is 0 Å². The second-order valence-electron chi connectivity index (χ2n) is 6.72. The number of carbonyl (C=O) groups is 1. The number of benzene rings is 1. The fourth-order valence-corrected chi connectivity index (χ4v) is 3.04. The summed E-state index contributed by atoms with van der Waals surface area (Å²) in [5.41, 5.74) is 2.71. The van der Waals surface area contributed by atoms with E-state index in [0.717, 1.165) is 29.8 Å². The summed E-state index contributed by atoms with van der Waals surface area (Å²) in [7, 11) is 0. The third-order valence-electron chi connectivity index (χ3n) is 4.50. The number of ether oxygens (including phenoxy) is 1. The maximum Gasteiger partial charge on any atom is 0.253 e. The number of carbonyl (C=O) groups excluding carboxylic acids is 1. The molecular weight excluding hydrogens is 356 g/mol. The molecule has 2 N–H and O–H groups in total. The Hall–Kier alpha value is -3.26. The van der Waals surface area contributed by atoms with Gasteiger partial charge in [0.1, 0.15) is 11.9 Å². The first-order valence-electron chi connectivity index (χ1n) is 9.29. The molecule has 0 spiro atoms. The summed E-state index contributed by atoms with van der Waals surface area (Å²) in [6.07, 6.45) is 3.22. The summed E-state index contributed by atoms with van der Waals surface area (Å²) in [6, 6.07) is 13.4. The van der Waals surface area contributed by atoms with Gasteiger partial charge in [-0.3, -0.25) is 4.79 Å². The third kappa shape index (κ3) is 4.34. The summed E-state index contributed by atoms with van der Waals surface area (Å²) in [6.45, 7) is 3.15. The van der Waals surface area contributed by atoms with Crippen LogP contribution in [0.2, 0.25) is 0 Å². The Morgan fingerprint density at radius 3 is 2.89 bits per heavy atom. The smallest absolute Gasteiger partial charge is 0.253 e. The zero-order valence-corrected chi connectivity index (χ0v) is 15.6. The molecule has 3 heterocycles. The molecule has 1 amide bonds. The lowest BCUT2D eigenvalue weighted by Crippen LogP contribution is -2.26. The van der Waals surface area contributed by atoms with Crippen molar-refractivity contribution in [3.05, 3.63) is 59.9 Å². The molecule has 1 unspecified atom stereocenters. The van der Waals surface area contributed by atoms with Gasteiger partial charge in [0.2, 0.25) is 0 Å². The van der Waals surface area contributed by atoms with E-state index >= 15 is 0 Å². The van der Waals surface area contributed by atoms with Crippen molar-refractivity contribution in [2.75, 3.05) is 17.2 Å². The number of nitrogens with one attached hydrogen (secondary N) is 2. The maximum absolute atomic E-state index is 12.2. The largest absolute Gasteiger partial charge is 0.368 e. The van der Waals surface area contributed by atoms with Crippen LogP contribution in [-0.2, 0) is 16.1 Å². The SMILES string of the molecule is Cc1ccn(-c2ccc(NCc3cccc(NC(=O)C4CCCO4)c3)nn2)n1. The third-order valence-corrected chi connectivity index (χ3v) is 4.50. The highest BCUT2D eigenvalue weighted by atomic mass is 16.5. The van der Waals surface area contributed by atoms with E-state index in [2.05, 4.69) is 25.9 Å². The predicted octanol–water partition coefficient (Wildman–Crippen LogP) is 2.70. The number of rotatable bonds is 6. The Labute approximate surface area is 162 Å². The van der Waals surface area contributed by atoms with Crippen LogP contribution in [0.3, 0.4) is 0 Å². The number of hydrogen-bond acceptors (Lipinski definition) is 6. The zero-order valence-electron chi connectivity index (χ0n) is 15.6. The van der Waals surface area contributed by atoms with Gasteiger partial charge in [-0.15, -0.1) is 10.2 Å². The van der Waals surface area contributed by atoms with Crippen LogP contribution in [0.15, 0.2) is 48.7 Å². The van der Waals surface area contributed by atoms with E-state index in [4.69, 9.17) is 4.74 Å². The normalized spacial score (nSPS) is 16.1. The first-order valence-corrected chi connectivity index (χ1v) is 9.29. The molecule has 144 valence electrons. The molecule has 8 nitrogen and oxygen atoms in total. The lowest BCUT2D eigenvalue weighted by molar-refractivity contribution is -0.124. The van der Waals surface area contributed by atoms with Crippen molar-refractivity contribution in [3.8, 4) is 5.82 Å². The van der Waals surface area contributed by atoms with E-state index < -0.39 is 0 Å². The summed E-state index contributed by atoms with van der Waals surface area (Å²) < 4.78 is 7.11.